The summed E-state index contributed by atoms with van der Waals surface area (Å²) in [5.74, 6) is 0. The third-order valence-electron chi connectivity index (χ3n) is 3.71. The summed E-state index contributed by atoms with van der Waals surface area (Å²) in [5.41, 5.74) is 1.79. The SMILES string of the molecule is N#Cc1cccc(NC(=O)Nc2cccn(Cc3ccccc3)c2=O)c1. The number of nitrogens with one attached hydrogen (secondary N) is 2. The van der Waals surface area contributed by atoms with Crippen LogP contribution in [0.2, 0.25) is 0 Å². The molecular weight excluding hydrogens is 328 g/mol. The second-order valence-corrected chi connectivity index (χ2v) is 5.61. The standard InChI is InChI=1S/C20H16N4O2/c21-13-16-8-4-9-17(12-16)22-20(26)23-18-10-5-11-24(19(18)25)14-15-6-2-1-3-7-15/h1-12H,14H2,(H2,22,23,26). The lowest BCUT2D eigenvalue weighted by Gasteiger charge is -2.10. The average Bonchev–Trinajstić information content (AvgIpc) is 2.66. The van der Waals surface area contributed by atoms with Crippen molar-refractivity contribution in [3.8, 4) is 6.07 Å². The molecule has 2 amide bonds. The molecule has 0 fully saturated rings. The molecule has 128 valence electrons. The Labute approximate surface area is 150 Å². The zero-order valence-electron chi connectivity index (χ0n) is 13.8. The predicted octanol–water partition coefficient (Wildman–Crippen LogP) is 3.41. The highest BCUT2D eigenvalue weighted by molar-refractivity contribution is 5.99. The van der Waals surface area contributed by atoms with Crippen molar-refractivity contribution in [1.29, 1.82) is 5.26 Å². The lowest BCUT2D eigenvalue weighted by molar-refractivity contribution is 0.262. The maximum atomic E-state index is 12.5. The van der Waals surface area contributed by atoms with Gasteiger partial charge in [0.2, 0.25) is 0 Å². The summed E-state index contributed by atoms with van der Waals surface area (Å²) < 4.78 is 1.53. The monoisotopic (exact) mass is 344 g/mol. The second-order valence-electron chi connectivity index (χ2n) is 5.61. The minimum Gasteiger partial charge on any atom is -0.309 e. The van der Waals surface area contributed by atoms with Gasteiger partial charge in [0.05, 0.1) is 18.2 Å². The number of benzene rings is 2. The van der Waals surface area contributed by atoms with Gasteiger partial charge in [-0.05, 0) is 35.9 Å². The highest BCUT2D eigenvalue weighted by Crippen LogP contribution is 2.10. The van der Waals surface area contributed by atoms with Crippen LogP contribution < -0.4 is 16.2 Å². The second kappa shape index (κ2) is 7.81. The fourth-order valence-corrected chi connectivity index (χ4v) is 2.49. The van der Waals surface area contributed by atoms with Crippen molar-refractivity contribution >= 4 is 17.4 Å². The molecule has 6 heteroatoms. The van der Waals surface area contributed by atoms with Gasteiger partial charge >= 0.3 is 6.03 Å². The van der Waals surface area contributed by atoms with E-state index in [0.29, 0.717) is 17.8 Å². The van der Waals surface area contributed by atoms with Gasteiger partial charge in [-0.25, -0.2) is 4.79 Å². The molecule has 0 aliphatic rings. The van der Waals surface area contributed by atoms with Gasteiger partial charge in [-0.15, -0.1) is 0 Å². The number of nitrogens with zero attached hydrogens (tertiary/aromatic N) is 2. The topological polar surface area (TPSA) is 86.9 Å². The van der Waals surface area contributed by atoms with Crippen LogP contribution in [0.5, 0.6) is 0 Å². The molecule has 0 atom stereocenters. The number of carbonyl (C=O) groups excluding carboxylic acids is 1. The minimum absolute atomic E-state index is 0.178. The smallest absolute Gasteiger partial charge is 0.309 e. The number of hydrogen-bond donors (Lipinski definition) is 2. The number of carbonyl (C=O) groups is 1. The largest absolute Gasteiger partial charge is 0.323 e. The minimum atomic E-state index is -0.547. The summed E-state index contributed by atoms with van der Waals surface area (Å²) in [6.07, 6.45) is 1.68. The maximum Gasteiger partial charge on any atom is 0.323 e. The number of pyridine rings is 1. The summed E-state index contributed by atoms with van der Waals surface area (Å²) in [5, 5.41) is 14.1. The Morgan fingerprint density at radius 2 is 1.81 bits per heavy atom. The first kappa shape index (κ1) is 17.0. The number of urea groups is 1. The number of hydrogen-bond acceptors (Lipinski definition) is 3. The maximum absolute atomic E-state index is 12.5. The van der Waals surface area contributed by atoms with Crippen molar-refractivity contribution in [3.63, 3.8) is 0 Å². The lowest BCUT2D eigenvalue weighted by atomic mass is 10.2. The van der Waals surface area contributed by atoms with Gasteiger partial charge in [-0.3, -0.25) is 4.79 Å². The van der Waals surface area contributed by atoms with E-state index in [-0.39, 0.29) is 11.2 Å². The Kier molecular flexibility index (Phi) is 5.11. The summed E-state index contributed by atoms with van der Waals surface area (Å²) in [6, 6.07) is 20.8. The molecule has 6 nitrogen and oxygen atoms in total. The van der Waals surface area contributed by atoms with E-state index in [4.69, 9.17) is 5.26 Å². The van der Waals surface area contributed by atoms with E-state index in [1.54, 1.807) is 42.6 Å². The fourth-order valence-electron chi connectivity index (χ4n) is 2.49. The van der Waals surface area contributed by atoms with Crippen LogP contribution in [0.25, 0.3) is 0 Å². The molecule has 0 spiro atoms. The number of anilines is 2. The van der Waals surface area contributed by atoms with E-state index in [9.17, 15) is 9.59 Å². The molecule has 0 aliphatic heterocycles. The van der Waals surface area contributed by atoms with Gasteiger partial charge in [-0.2, -0.15) is 5.26 Å². The van der Waals surface area contributed by atoms with Gasteiger partial charge in [0, 0.05) is 11.9 Å². The molecule has 3 aromatic rings. The first-order chi connectivity index (χ1) is 12.7. The van der Waals surface area contributed by atoms with Crippen molar-refractivity contribution in [1.82, 2.24) is 4.57 Å². The zero-order valence-corrected chi connectivity index (χ0v) is 13.8. The van der Waals surface area contributed by atoms with Crippen molar-refractivity contribution < 1.29 is 4.79 Å². The van der Waals surface area contributed by atoms with E-state index in [1.165, 1.54) is 4.57 Å². The van der Waals surface area contributed by atoms with Crippen LogP contribution in [0.4, 0.5) is 16.2 Å². The molecule has 0 radical (unpaired) electrons. The van der Waals surface area contributed by atoms with Gasteiger partial charge < -0.3 is 15.2 Å². The van der Waals surface area contributed by atoms with Crippen LogP contribution in [-0.2, 0) is 6.54 Å². The average molecular weight is 344 g/mol. The first-order valence-corrected chi connectivity index (χ1v) is 7.97. The molecule has 0 bridgehead atoms. The summed E-state index contributed by atoms with van der Waals surface area (Å²) >= 11 is 0. The van der Waals surface area contributed by atoms with Crippen LogP contribution in [0.15, 0.2) is 77.7 Å². The molecule has 0 unspecified atom stereocenters. The lowest BCUT2D eigenvalue weighted by Crippen LogP contribution is -2.28. The van der Waals surface area contributed by atoms with Crippen LogP contribution in [0.1, 0.15) is 11.1 Å². The van der Waals surface area contributed by atoms with E-state index in [2.05, 4.69) is 10.6 Å². The van der Waals surface area contributed by atoms with Crippen LogP contribution >= 0.6 is 0 Å². The number of amides is 2. The van der Waals surface area contributed by atoms with Crippen molar-refractivity contribution in [2.24, 2.45) is 0 Å². The van der Waals surface area contributed by atoms with Crippen molar-refractivity contribution in [2.45, 2.75) is 6.54 Å². The third-order valence-corrected chi connectivity index (χ3v) is 3.71. The molecule has 0 saturated heterocycles. The van der Waals surface area contributed by atoms with Crippen LogP contribution in [-0.4, -0.2) is 10.6 Å². The number of aromatic nitrogens is 1. The first-order valence-electron chi connectivity index (χ1n) is 7.97. The van der Waals surface area contributed by atoms with E-state index in [1.807, 2.05) is 36.4 Å². The van der Waals surface area contributed by atoms with Crippen molar-refractivity contribution in [3.05, 3.63) is 94.4 Å². The quantitative estimate of drug-likeness (QED) is 0.760. The Balaban J connectivity index is 1.73. The Morgan fingerprint density at radius 1 is 1.00 bits per heavy atom. The molecule has 1 aromatic heterocycles. The van der Waals surface area contributed by atoms with Crippen molar-refractivity contribution in [2.75, 3.05) is 10.6 Å². The normalized spacial score (nSPS) is 9.96. The molecule has 0 saturated carbocycles. The summed E-state index contributed by atoms with van der Waals surface area (Å²) in [6.45, 7) is 0.418. The highest BCUT2D eigenvalue weighted by Gasteiger charge is 2.08. The zero-order chi connectivity index (χ0) is 18.4. The third kappa shape index (κ3) is 4.16. The number of rotatable bonds is 4. The Hall–Kier alpha value is -3.85. The fraction of sp³-hybridized carbons (Fsp3) is 0.0500. The molecule has 3 rings (SSSR count). The van der Waals surface area contributed by atoms with Gasteiger partial charge in [0.25, 0.3) is 5.56 Å². The molecule has 1 heterocycles. The van der Waals surface area contributed by atoms with Gasteiger partial charge in [-0.1, -0.05) is 36.4 Å². The highest BCUT2D eigenvalue weighted by atomic mass is 16.2. The van der Waals surface area contributed by atoms with E-state index < -0.39 is 6.03 Å². The summed E-state index contributed by atoms with van der Waals surface area (Å²) in [4.78, 5) is 24.7. The molecule has 2 N–H and O–H groups in total. The number of nitriles is 1. The molecule has 2 aromatic carbocycles. The Bertz CT molecular complexity index is 1020. The molecule has 26 heavy (non-hydrogen) atoms. The van der Waals surface area contributed by atoms with Gasteiger partial charge in [0.15, 0.2) is 0 Å². The Morgan fingerprint density at radius 3 is 2.58 bits per heavy atom. The van der Waals surface area contributed by atoms with Gasteiger partial charge in [0.1, 0.15) is 5.69 Å². The van der Waals surface area contributed by atoms with E-state index >= 15 is 0 Å². The predicted molar refractivity (Wildman–Crippen MR) is 100 cm³/mol. The van der Waals surface area contributed by atoms with Crippen LogP contribution in [0.3, 0.4) is 0 Å². The molecule has 0 aliphatic carbocycles. The molecular formula is C20H16N4O2. The summed E-state index contributed by atoms with van der Waals surface area (Å²) in [7, 11) is 0. The van der Waals surface area contributed by atoms with Crippen LogP contribution in [0, 0.1) is 11.3 Å². The van der Waals surface area contributed by atoms with E-state index in [0.717, 1.165) is 5.56 Å².